The van der Waals surface area contributed by atoms with Crippen LogP contribution in [0.2, 0.25) is 0 Å². The zero-order chi connectivity index (χ0) is 13.5. The van der Waals surface area contributed by atoms with Crippen LogP contribution in [0.5, 0.6) is 5.75 Å². The molecule has 0 unspecified atom stereocenters. The summed E-state index contributed by atoms with van der Waals surface area (Å²) in [5, 5.41) is 0. The Labute approximate surface area is 116 Å². The third-order valence-corrected chi connectivity index (χ3v) is 3.49. The number of carbonyl (C=O) groups is 1. The SMILES string of the molecule is CCN(CC)C(=O)COc1ccc(Br)c(CN)c1. The predicted octanol–water partition coefficient (Wildman–Crippen LogP) is 2.16. The summed E-state index contributed by atoms with van der Waals surface area (Å²) in [6, 6.07) is 5.54. The normalized spacial score (nSPS) is 10.2. The van der Waals surface area contributed by atoms with Crippen LogP contribution in [0.15, 0.2) is 22.7 Å². The van der Waals surface area contributed by atoms with E-state index in [1.54, 1.807) is 4.90 Å². The van der Waals surface area contributed by atoms with E-state index in [4.69, 9.17) is 10.5 Å². The number of halogens is 1. The van der Waals surface area contributed by atoms with E-state index in [-0.39, 0.29) is 12.5 Å². The average Bonchev–Trinajstić information content (AvgIpc) is 2.39. The second-order valence-electron chi connectivity index (χ2n) is 3.81. The lowest BCUT2D eigenvalue weighted by Crippen LogP contribution is -2.34. The summed E-state index contributed by atoms with van der Waals surface area (Å²) >= 11 is 3.41. The van der Waals surface area contributed by atoms with E-state index in [9.17, 15) is 4.79 Å². The fourth-order valence-corrected chi connectivity index (χ4v) is 2.02. The molecule has 2 N–H and O–H groups in total. The molecule has 0 aliphatic carbocycles. The molecule has 0 radical (unpaired) electrons. The van der Waals surface area contributed by atoms with Crippen molar-refractivity contribution in [1.82, 2.24) is 4.90 Å². The minimum absolute atomic E-state index is 0.00258. The van der Waals surface area contributed by atoms with Gasteiger partial charge in [0.25, 0.3) is 5.91 Å². The quantitative estimate of drug-likeness (QED) is 0.875. The molecule has 0 aliphatic heterocycles. The lowest BCUT2D eigenvalue weighted by Gasteiger charge is -2.18. The number of hydrogen-bond donors (Lipinski definition) is 1. The molecule has 100 valence electrons. The number of rotatable bonds is 6. The highest BCUT2D eigenvalue weighted by molar-refractivity contribution is 9.10. The van der Waals surface area contributed by atoms with Crippen LogP contribution in [0, 0.1) is 0 Å². The van der Waals surface area contributed by atoms with Gasteiger partial charge in [0.2, 0.25) is 0 Å². The van der Waals surface area contributed by atoms with Crippen molar-refractivity contribution in [1.29, 1.82) is 0 Å². The van der Waals surface area contributed by atoms with Gasteiger partial charge in [-0.05, 0) is 37.6 Å². The fraction of sp³-hybridized carbons (Fsp3) is 0.462. The van der Waals surface area contributed by atoms with Crippen molar-refractivity contribution < 1.29 is 9.53 Å². The van der Waals surface area contributed by atoms with Crippen LogP contribution in [-0.4, -0.2) is 30.5 Å². The Kier molecular flexibility index (Phi) is 6.15. The number of hydrogen-bond acceptors (Lipinski definition) is 3. The molecule has 5 heteroatoms. The second kappa shape index (κ2) is 7.38. The molecule has 1 aromatic rings. The standard InChI is InChI=1S/C13H19BrN2O2/c1-3-16(4-2)13(17)9-18-11-5-6-12(14)10(7-11)8-15/h5-7H,3-4,8-9,15H2,1-2H3. The molecular weight excluding hydrogens is 296 g/mol. The summed E-state index contributed by atoms with van der Waals surface area (Å²) in [5.74, 6) is 0.663. The van der Waals surface area contributed by atoms with Gasteiger partial charge in [-0.3, -0.25) is 4.79 Å². The van der Waals surface area contributed by atoms with Gasteiger partial charge in [0.05, 0.1) is 0 Å². The third kappa shape index (κ3) is 3.99. The van der Waals surface area contributed by atoms with E-state index in [1.807, 2.05) is 32.0 Å². The molecule has 0 saturated heterocycles. The van der Waals surface area contributed by atoms with Gasteiger partial charge in [-0.2, -0.15) is 0 Å². The minimum atomic E-state index is -0.00258. The maximum atomic E-state index is 11.8. The Hall–Kier alpha value is -1.07. The number of amides is 1. The van der Waals surface area contributed by atoms with Crippen molar-refractivity contribution in [3.63, 3.8) is 0 Å². The van der Waals surface area contributed by atoms with Gasteiger partial charge in [-0.1, -0.05) is 15.9 Å². The molecular formula is C13H19BrN2O2. The zero-order valence-corrected chi connectivity index (χ0v) is 12.4. The number of benzene rings is 1. The van der Waals surface area contributed by atoms with E-state index in [0.717, 1.165) is 10.0 Å². The molecule has 0 fully saturated rings. The van der Waals surface area contributed by atoms with Crippen molar-refractivity contribution in [2.24, 2.45) is 5.73 Å². The lowest BCUT2D eigenvalue weighted by atomic mass is 10.2. The summed E-state index contributed by atoms with van der Waals surface area (Å²) in [4.78, 5) is 13.5. The van der Waals surface area contributed by atoms with E-state index in [0.29, 0.717) is 25.4 Å². The monoisotopic (exact) mass is 314 g/mol. The molecule has 0 spiro atoms. The lowest BCUT2D eigenvalue weighted by molar-refractivity contribution is -0.132. The smallest absolute Gasteiger partial charge is 0.260 e. The van der Waals surface area contributed by atoms with Gasteiger partial charge < -0.3 is 15.4 Å². The molecule has 1 rings (SSSR count). The van der Waals surface area contributed by atoms with E-state index in [2.05, 4.69) is 15.9 Å². The molecule has 0 saturated carbocycles. The zero-order valence-electron chi connectivity index (χ0n) is 10.8. The number of carbonyl (C=O) groups excluding carboxylic acids is 1. The van der Waals surface area contributed by atoms with E-state index in [1.165, 1.54) is 0 Å². The van der Waals surface area contributed by atoms with Crippen LogP contribution in [0.25, 0.3) is 0 Å². The predicted molar refractivity (Wildman–Crippen MR) is 75.5 cm³/mol. The number of nitrogens with two attached hydrogens (primary N) is 1. The van der Waals surface area contributed by atoms with Crippen molar-refractivity contribution >= 4 is 21.8 Å². The summed E-state index contributed by atoms with van der Waals surface area (Å²) in [6.45, 7) is 5.80. The molecule has 0 aromatic heterocycles. The maximum absolute atomic E-state index is 11.8. The topological polar surface area (TPSA) is 55.6 Å². The average molecular weight is 315 g/mol. The summed E-state index contributed by atoms with van der Waals surface area (Å²) in [5.41, 5.74) is 6.57. The maximum Gasteiger partial charge on any atom is 0.260 e. The molecule has 4 nitrogen and oxygen atoms in total. The highest BCUT2D eigenvalue weighted by Crippen LogP contribution is 2.22. The van der Waals surface area contributed by atoms with Gasteiger partial charge in [0.1, 0.15) is 5.75 Å². The van der Waals surface area contributed by atoms with Gasteiger partial charge in [0, 0.05) is 24.1 Å². The Morgan fingerprint density at radius 3 is 2.61 bits per heavy atom. The summed E-state index contributed by atoms with van der Waals surface area (Å²) in [6.07, 6.45) is 0. The number of likely N-dealkylation sites (N-methyl/N-ethyl adjacent to an activating group) is 1. The fourth-order valence-electron chi connectivity index (χ4n) is 1.61. The van der Waals surface area contributed by atoms with Crippen LogP contribution >= 0.6 is 15.9 Å². The van der Waals surface area contributed by atoms with Gasteiger partial charge in [0.15, 0.2) is 6.61 Å². The summed E-state index contributed by atoms with van der Waals surface area (Å²) in [7, 11) is 0. The first-order valence-corrected chi connectivity index (χ1v) is 6.80. The Morgan fingerprint density at radius 2 is 2.06 bits per heavy atom. The number of ether oxygens (including phenoxy) is 1. The molecule has 0 heterocycles. The van der Waals surface area contributed by atoms with Crippen molar-refractivity contribution in [2.75, 3.05) is 19.7 Å². The number of nitrogens with zero attached hydrogens (tertiary/aromatic N) is 1. The Bertz CT molecular complexity index is 406. The van der Waals surface area contributed by atoms with Crippen LogP contribution in [0.4, 0.5) is 0 Å². The first kappa shape index (κ1) is 15.0. The van der Waals surface area contributed by atoms with Gasteiger partial charge in [-0.15, -0.1) is 0 Å². The van der Waals surface area contributed by atoms with Gasteiger partial charge in [-0.25, -0.2) is 0 Å². The van der Waals surface area contributed by atoms with Crippen LogP contribution in [-0.2, 0) is 11.3 Å². The van der Waals surface area contributed by atoms with E-state index < -0.39 is 0 Å². The van der Waals surface area contributed by atoms with Crippen molar-refractivity contribution in [3.8, 4) is 5.75 Å². The first-order valence-electron chi connectivity index (χ1n) is 6.01. The van der Waals surface area contributed by atoms with Crippen LogP contribution in [0.1, 0.15) is 19.4 Å². The van der Waals surface area contributed by atoms with Crippen molar-refractivity contribution in [3.05, 3.63) is 28.2 Å². The van der Waals surface area contributed by atoms with E-state index >= 15 is 0 Å². The first-order chi connectivity index (χ1) is 8.62. The highest BCUT2D eigenvalue weighted by Gasteiger charge is 2.10. The minimum Gasteiger partial charge on any atom is -0.484 e. The Morgan fingerprint density at radius 1 is 1.39 bits per heavy atom. The van der Waals surface area contributed by atoms with Crippen molar-refractivity contribution in [2.45, 2.75) is 20.4 Å². The van der Waals surface area contributed by atoms with Gasteiger partial charge >= 0.3 is 0 Å². The molecule has 0 aliphatic rings. The highest BCUT2D eigenvalue weighted by atomic mass is 79.9. The summed E-state index contributed by atoms with van der Waals surface area (Å²) < 4.78 is 6.43. The van der Waals surface area contributed by atoms with Crippen LogP contribution in [0.3, 0.4) is 0 Å². The third-order valence-electron chi connectivity index (χ3n) is 2.72. The van der Waals surface area contributed by atoms with Crippen LogP contribution < -0.4 is 10.5 Å². The molecule has 1 aromatic carbocycles. The molecule has 0 atom stereocenters. The molecule has 0 bridgehead atoms. The second-order valence-corrected chi connectivity index (χ2v) is 4.67. The molecule has 18 heavy (non-hydrogen) atoms. The largest absolute Gasteiger partial charge is 0.484 e. The Balaban J connectivity index is 2.61. The molecule has 1 amide bonds.